The van der Waals surface area contributed by atoms with Crippen LogP contribution in [0, 0.1) is 0 Å². The zero-order valence-electron chi connectivity index (χ0n) is 12.1. The van der Waals surface area contributed by atoms with Crippen molar-refractivity contribution in [2.75, 3.05) is 13.1 Å². The van der Waals surface area contributed by atoms with Gasteiger partial charge in [-0.25, -0.2) is 8.42 Å². The second-order valence-electron chi connectivity index (χ2n) is 5.84. The molecular formula is C14H17N3O4S. The van der Waals surface area contributed by atoms with E-state index < -0.39 is 10.0 Å². The van der Waals surface area contributed by atoms with Crippen LogP contribution in [0.25, 0.3) is 11.5 Å². The summed E-state index contributed by atoms with van der Waals surface area (Å²) >= 11 is 0. The van der Waals surface area contributed by atoms with Crippen molar-refractivity contribution >= 4 is 10.0 Å². The van der Waals surface area contributed by atoms with Gasteiger partial charge in [-0.15, -0.1) is 10.2 Å². The van der Waals surface area contributed by atoms with E-state index in [1.807, 2.05) is 0 Å². The lowest BCUT2D eigenvalue weighted by atomic mass is 10.2. The fourth-order valence-electron chi connectivity index (χ4n) is 2.64. The first kappa shape index (κ1) is 14.0. The summed E-state index contributed by atoms with van der Waals surface area (Å²) in [6.07, 6.45) is 6.36. The smallest absolute Gasteiger partial charge is 0.276 e. The second kappa shape index (κ2) is 5.20. The lowest BCUT2D eigenvalue weighted by Crippen LogP contribution is -2.35. The van der Waals surface area contributed by atoms with E-state index in [4.69, 9.17) is 8.83 Å². The highest BCUT2D eigenvalue weighted by Crippen LogP contribution is 2.40. The lowest BCUT2D eigenvalue weighted by molar-refractivity contribution is 0.332. The van der Waals surface area contributed by atoms with Crippen LogP contribution >= 0.6 is 0 Å². The van der Waals surface area contributed by atoms with Crippen molar-refractivity contribution in [3.63, 3.8) is 0 Å². The second-order valence-corrected chi connectivity index (χ2v) is 7.71. The van der Waals surface area contributed by atoms with Crippen LogP contribution in [0.5, 0.6) is 0 Å². The Labute approximate surface area is 128 Å². The van der Waals surface area contributed by atoms with E-state index >= 15 is 0 Å². The van der Waals surface area contributed by atoms with Crippen LogP contribution < -0.4 is 0 Å². The molecule has 1 saturated heterocycles. The highest BCUT2D eigenvalue weighted by atomic mass is 32.2. The van der Waals surface area contributed by atoms with E-state index in [-0.39, 0.29) is 5.09 Å². The maximum atomic E-state index is 12.5. The van der Waals surface area contributed by atoms with Gasteiger partial charge in [0.15, 0.2) is 0 Å². The lowest BCUT2D eigenvalue weighted by Gasteiger charge is -2.24. The molecule has 3 heterocycles. The summed E-state index contributed by atoms with van der Waals surface area (Å²) in [4.78, 5) is 0. The van der Waals surface area contributed by atoms with E-state index in [9.17, 15) is 8.42 Å². The molecule has 0 unspecified atom stereocenters. The van der Waals surface area contributed by atoms with Crippen LogP contribution in [-0.4, -0.2) is 36.0 Å². The first-order valence-corrected chi connectivity index (χ1v) is 9.01. The number of piperidine rings is 1. The molecule has 0 spiro atoms. The Morgan fingerprint density at radius 3 is 2.64 bits per heavy atom. The zero-order valence-corrected chi connectivity index (χ0v) is 12.9. The van der Waals surface area contributed by atoms with E-state index in [1.165, 1.54) is 16.6 Å². The van der Waals surface area contributed by atoms with E-state index in [2.05, 4.69) is 10.2 Å². The Hall–Kier alpha value is -1.67. The summed E-state index contributed by atoms with van der Waals surface area (Å²) in [5.74, 6) is 1.30. The molecule has 1 aliphatic carbocycles. The Kier molecular flexibility index (Phi) is 3.30. The summed E-state index contributed by atoms with van der Waals surface area (Å²) < 4.78 is 37.4. The average Bonchev–Trinajstić information content (AvgIpc) is 3.06. The summed E-state index contributed by atoms with van der Waals surface area (Å²) in [7, 11) is -3.57. The van der Waals surface area contributed by atoms with Crippen LogP contribution in [-0.2, 0) is 10.0 Å². The normalized spacial score (nSPS) is 20.4. The third kappa shape index (κ3) is 2.46. The Bertz CT molecular complexity index is 770. The Morgan fingerprint density at radius 1 is 1.14 bits per heavy atom. The van der Waals surface area contributed by atoms with Crippen molar-refractivity contribution in [1.82, 2.24) is 14.5 Å². The predicted octanol–water partition coefficient (Wildman–Crippen LogP) is 2.38. The number of hydrogen-bond acceptors (Lipinski definition) is 6. The molecule has 1 aliphatic heterocycles. The fraction of sp³-hybridized carbons (Fsp3) is 0.571. The van der Waals surface area contributed by atoms with Gasteiger partial charge in [-0.05, 0) is 25.7 Å². The molecule has 0 N–H and O–H groups in total. The van der Waals surface area contributed by atoms with E-state index in [1.54, 1.807) is 0 Å². The van der Waals surface area contributed by atoms with Crippen molar-refractivity contribution in [3.8, 4) is 11.5 Å². The number of rotatable bonds is 4. The zero-order chi connectivity index (χ0) is 15.2. The van der Waals surface area contributed by atoms with Crippen molar-refractivity contribution in [3.05, 3.63) is 18.2 Å². The minimum Gasteiger partial charge on any atom is -0.451 e. The van der Waals surface area contributed by atoms with E-state index in [0.29, 0.717) is 36.4 Å². The fourth-order valence-corrected chi connectivity index (χ4v) is 4.08. The molecule has 8 heteroatoms. The Morgan fingerprint density at radius 2 is 1.91 bits per heavy atom. The summed E-state index contributed by atoms with van der Waals surface area (Å²) in [6.45, 7) is 1.09. The third-order valence-corrected chi connectivity index (χ3v) is 5.87. The van der Waals surface area contributed by atoms with Crippen LogP contribution in [0.2, 0.25) is 0 Å². The van der Waals surface area contributed by atoms with Gasteiger partial charge in [0.1, 0.15) is 6.26 Å². The molecule has 2 aromatic heterocycles. The molecule has 0 amide bonds. The molecule has 2 aliphatic rings. The maximum Gasteiger partial charge on any atom is 0.276 e. The number of nitrogens with zero attached hydrogens (tertiary/aromatic N) is 3. The van der Waals surface area contributed by atoms with Crippen molar-refractivity contribution in [2.45, 2.75) is 43.1 Å². The molecule has 22 heavy (non-hydrogen) atoms. The SMILES string of the molecule is O=S(=O)(c1cc(-c2nnc(C3CC3)o2)co1)N1CCCCC1. The summed E-state index contributed by atoms with van der Waals surface area (Å²) in [5, 5.41) is 7.91. The van der Waals surface area contributed by atoms with Crippen molar-refractivity contribution in [2.24, 2.45) is 0 Å². The first-order valence-electron chi connectivity index (χ1n) is 7.57. The molecule has 7 nitrogen and oxygen atoms in total. The van der Waals surface area contributed by atoms with Gasteiger partial charge in [0.25, 0.3) is 15.9 Å². The maximum absolute atomic E-state index is 12.5. The van der Waals surface area contributed by atoms with Gasteiger partial charge < -0.3 is 8.83 Å². The molecule has 0 aromatic carbocycles. The van der Waals surface area contributed by atoms with Crippen molar-refractivity contribution < 1.29 is 17.3 Å². The van der Waals surface area contributed by atoms with Crippen LogP contribution in [0.4, 0.5) is 0 Å². The quantitative estimate of drug-likeness (QED) is 0.858. The molecule has 1 saturated carbocycles. The number of sulfonamides is 1. The molecule has 118 valence electrons. The van der Waals surface area contributed by atoms with Gasteiger partial charge in [-0.2, -0.15) is 4.31 Å². The number of furan rings is 1. The molecule has 4 rings (SSSR count). The first-order chi connectivity index (χ1) is 10.6. The highest BCUT2D eigenvalue weighted by molar-refractivity contribution is 7.89. The average molecular weight is 323 g/mol. The molecule has 0 bridgehead atoms. The minimum atomic E-state index is -3.57. The van der Waals surface area contributed by atoms with Gasteiger partial charge >= 0.3 is 0 Å². The summed E-state index contributed by atoms with van der Waals surface area (Å²) in [6, 6.07) is 1.47. The van der Waals surface area contributed by atoms with Crippen molar-refractivity contribution in [1.29, 1.82) is 0 Å². The molecule has 0 radical (unpaired) electrons. The number of hydrogen-bond donors (Lipinski definition) is 0. The van der Waals surface area contributed by atoms with Gasteiger partial charge in [0.2, 0.25) is 11.0 Å². The third-order valence-electron chi connectivity index (χ3n) is 4.10. The predicted molar refractivity (Wildman–Crippen MR) is 76.6 cm³/mol. The molecular weight excluding hydrogens is 306 g/mol. The van der Waals surface area contributed by atoms with Crippen LogP contribution in [0.15, 0.2) is 26.3 Å². The highest BCUT2D eigenvalue weighted by Gasteiger charge is 2.31. The van der Waals surface area contributed by atoms with Crippen LogP contribution in [0.1, 0.15) is 43.9 Å². The number of aromatic nitrogens is 2. The minimum absolute atomic E-state index is 0.0597. The van der Waals surface area contributed by atoms with Gasteiger partial charge in [0.05, 0.1) is 5.56 Å². The molecule has 0 atom stereocenters. The topological polar surface area (TPSA) is 89.4 Å². The monoisotopic (exact) mass is 323 g/mol. The summed E-state index contributed by atoms with van der Waals surface area (Å²) in [5.41, 5.74) is 0.509. The molecule has 2 aromatic rings. The largest absolute Gasteiger partial charge is 0.451 e. The van der Waals surface area contributed by atoms with E-state index in [0.717, 1.165) is 32.1 Å². The van der Waals surface area contributed by atoms with Crippen LogP contribution in [0.3, 0.4) is 0 Å². The molecule has 2 fully saturated rings. The van der Waals surface area contributed by atoms with Gasteiger partial charge in [0, 0.05) is 25.1 Å². The van der Waals surface area contributed by atoms with Gasteiger partial charge in [-0.1, -0.05) is 6.42 Å². The van der Waals surface area contributed by atoms with Gasteiger partial charge in [-0.3, -0.25) is 0 Å². The standard InChI is InChI=1S/C14H17N3O4S/c18-22(19,17-6-2-1-3-7-17)12-8-11(9-20-12)14-16-15-13(21-14)10-4-5-10/h8-10H,1-7H2. The Balaban J connectivity index is 1.59.